The topological polar surface area (TPSA) is 75.3 Å². The number of carbonyl (C=O) groups excluding carboxylic acids is 1. The Kier molecular flexibility index (Phi) is 3.73. The molecule has 6 heteroatoms. The number of nitrogens with one attached hydrogen (secondary N) is 2. The van der Waals surface area contributed by atoms with Crippen LogP contribution in [0.1, 0.15) is 26.2 Å². The number of sulfonamides is 1. The third-order valence-electron chi connectivity index (χ3n) is 3.65. The Morgan fingerprint density at radius 1 is 1.24 bits per heavy atom. The summed E-state index contributed by atoms with van der Waals surface area (Å²) >= 11 is 0. The Morgan fingerprint density at radius 2 is 1.88 bits per heavy atom. The van der Waals surface area contributed by atoms with Gasteiger partial charge < -0.3 is 5.32 Å². The van der Waals surface area contributed by atoms with Crippen molar-refractivity contribution in [1.29, 1.82) is 0 Å². The average molecular weight is 260 g/mol. The van der Waals surface area contributed by atoms with E-state index >= 15 is 0 Å². The molecule has 5 nitrogen and oxygen atoms in total. The second-order valence-electron chi connectivity index (χ2n) is 5.03. The van der Waals surface area contributed by atoms with Crippen molar-refractivity contribution in [2.24, 2.45) is 17.8 Å². The molecule has 0 bridgehead atoms. The molecule has 0 aromatic heterocycles. The van der Waals surface area contributed by atoms with Crippen molar-refractivity contribution in [1.82, 2.24) is 10.0 Å². The van der Waals surface area contributed by atoms with Gasteiger partial charge >= 0.3 is 0 Å². The lowest BCUT2D eigenvalue weighted by atomic mass is 10.0. The molecule has 0 spiro atoms. The van der Waals surface area contributed by atoms with Crippen LogP contribution in [0.4, 0.5) is 0 Å². The molecule has 17 heavy (non-hydrogen) atoms. The highest BCUT2D eigenvalue weighted by molar-refractivity contribution is 7.89. The summed E-state index contributed by atoms with van der Waals surface area (Å²) in [6.45, 7) is 2.34. The van der Waals surface area contributed by atoms with Gasteiger partial charge in [0.25, 0.3) is 0 Å². The maximum atomic E-state index is 11.7. The molecule has 0 radical (unpaired) electrons. The van der Waals surface area contributed by atoms with Crippen LogP contribution in [0, 0.1) is 17.8 Å². The van der Waals surface area contributed by atoms with E-state index < -0.39 is 10.0 Å². The molecular weight excluding hydrogens is 240 g/mol. The molecule has 1 amide bonds. The van der Waals surface area contributed by atoms with E-state index in [9.17, 15) is 13.2 Å². The maximum Gasteiger partial charge on any atom is 0.223 e. The molecular formula is C11H20N2O3S. The summed E-state index contributed by atoms with van der Waals surface area (Å²) in [5.41, 5.74) is 0. The average Bonchev–Trinajstić information content (AvgIpc) is 2.85. The molecule has 2 atom stereocenters. The fraction of sp³-hybridized carbons (Fsp3) is 0.909. The molecule has 2 aliphatic rings. The number of hydrogen-bond acceptors (Lipinski definition) is 3. The van der Waals surface area contributed by atoms with E-state index in [1.54, 1.807) is 6.92 Å². The van der Waals surface area contributed by atoms with Crippen molar-refractivity contribution in [3.63, 3.8) is 0 Å². The summed E-state index contributed by atoms with van der Waals surface area (Å²) < 4.78 is 25.1. The number of amides is 1. The standard InChI is InChI=1S/C11H20N2O3S/c1-2-13-17(15,16)4-3-12-11(14)10-6-8-5-9(8)7-10/h8-10,13H,2-7H2,1H3,(H,12,14). The van der Waals surface area contributed by atoms with Crippen LogP contribution >= 0.6 is 0 Å². The van der Waals surface area contributed by atoms with Gasteiger partial charge in [-0.1, -0.05) is 6.92 Å². The minimum absolute atomic E-state index is 0.0314. The molecule has 2 rings (SSSR count). The lowest BCUT2D eigenvalue weighted by Crippen LogP contribution is -2.36. The van der Waals surface area contributed by atoms with Crippen molar-refractivity contribution < 1.29 is 13.2 Å². The third kappa shape index (κ3) is 3.42. The number of rotatable bonds is 6. The van der Waals surface area contributed by atoms with Gasteiger partial charge in [-0.25, -0.2) is 13.1 Å². The Bertz CT molecular complexity index is 384. The Labute approximate surface area is 102 Å². The zero-order valence-corrected chi connectivity index (χ0v) is 10.9. The third-order valence-corrected chi connectivity index (χ3v) is 5.12. The van der Waals surface area contributed by atoms with Crippen LogP contribution in [0.25, 0.3) is 0 Å². The fourth-order valence-corrected chi connectivity index (χ4v) is 3.63. The molecule has 0 aromatic rings. The summed E-state index contributed by atoms with van der Waals surface area (Å²) in [5.74, 6) is 1.67. The molecule has 0 saturated heterocycles. The van der Waals surface area contributed by atoms with Gasteiger partial charge in [0.2, 0.25) is 15.9 Å². The van der Waals surface area contributed by atoms with Gasteiger partial charge in [0.1, 0.15) is 0 Å². The molecule has 2 N–H and O–H groups in total. The van der Waals surface area contributed by atoms with E-state index in [2.05, 4.69) is 10.0 Å². The van der Waals surface area contributed by atoms with Gasteiger partial charge in [-0.2, -0.15) is 0 Å². The van der Waals surface area contributed by atoms with Crippen molar-refractivity contribution >= 4 is 15.9 Å². The normalized spacial score (nSPS) is 31.0. The summed E-state index contributed by atoms with van der Waals surface area (Å²) in [6, 6.07) is 0. The van der Waals surface area contributed by atoms with Gasteiger partial charge in [-0.3, -0.25) is 4.79 Å². The summed E-state index contributed by atoms with van der Waals surface area (Å²) in [7, 11) is -3.22. The van der Waals surface area contributed by atoms with Crippen LogP contribution in [0.2, 0.25) is 0 Å². The molecule has 0 aromatic carbocycles. The van der Waals surface area contributed by atoms with Crippen molar-refractivity contribution in [3.8, 4) is 0 Å². The van der Waals surface area contributed by atoms with Gasteiger partial charge in [0.05, 0.1) is 5.75 Å². The van der Waals surface area contributed by atoms with Crippen molar-refractivity contribution in [2.45, 2.75) is 26.2 Å². The molecule has 0 heterocycles. The second kappa shape index (κ2) is 4.94. The van der Waals surface area contributed by atoms with E-state index in [-0.39, 0.29) is 24.1 Å². The second-order valence-corrected chi connectivity index (χ2v) is 6.96. The van der Waals surface area contributed by atoms with Gasteiger partial charge in [0, 0.05) is 19.0 Å². The first-order valence-electron chi connectivity index (χ1n) is 6.27. The first-order chi connectivity index (χ1) is 8.02. The first kappa shape index (κ1) is 12.8. The van der Waals surface area contributed by atoms with Crippen LogP contribution in [-0.2, 0) is 14.8 Å². The highest BCUT2D eigenvalue weighted by atomic mass is 32.2. The quantitative estimate of drug-likeness (QED) is 0.710. The first-order valence-corrected chi connectivity index (χ1v) is 7.92. The fourth-order valence-electron chi connectivity index (χ4n) is 2.67. The highest BCUT2D eigenvalue weighted by Gasteiger charge is 2.47. The highest BCUT2D eigenvalue weighted by Crippen LogP contribution is 2.54. The number of carbonyl (C=O) groups is 1. The van der Waals surface area contributed by atoms with E-state index in [0.717, 1.165) is 24.7 Å². The monoisotopic (exact) mass is 260 g/mol. The number of hydrogen-bond donors (Lipinski definition) is 2. The largest absolute Gasteiger partial charge is 0.355 e. The Balaban J connectivity index is 1.66. The van der Waals surface area contributed by atoms with E-state index in [0.29, 0.717) is 6.54 Å². The van der Waals surface area contributed by atoms with Crippen molar-refractivity contribution in [3.05, 3.63) is 0 Å². The zero-order chi connectivity index (χ0) is 12.5. The lowest BCUT2D eigenvalue weighted by Gasteiger charge is -2.12. The summed E-state index contributed by atoms with van der Waals surface area (Å²) in [4.78, 5) is 11.7. The van der Waals surface area contributed by atoms with Gasteiger partial charge in [-0.05, 0) is 31.1 Å². The molecule has 0 aliphatic heterocycles. The lowest BCUT2D eigenvalue weighted by molar-refractivity contribution is -0.124. The predicted molar refractivity (Wildman–Crippen MR) is 64.8 cm³/mol. The van der Waals surface area contributed by atoms with E-state index in [1.165, 1.54) is 6.42 Å². The van der Waals surface area contributed by atoms with Crippen LogP contribution in [-0.4, -0.2) is 33.2 Å². The summed E-state index contributed by atoms with van der Waals surface area (Å²) in [6.07, 6.45) is 3.28. The summed E-state index contributed by atoms with van der Waals surface area (Å²) in [5, 5.41) is 2.72. The molecule has 2 aliphatic carbocycles. The minimum Gasteiger partial charge on any atom is -0.355 e. The van der Waals surface area contributed by atoms with Crippen LogP contribution in [0.3, 0.4) is 0 Å². The number of fused-ring (bicyclic) bond motifs is 1. The molecule has 2 fully saturated rings. The molecule has 2 unspecified atom stereocenters. The van der Waals surface area contributed by atoms with Crippen LogP contribution < -0.4 is 10.0 Å². The van der Waals surface area contributed by atoms with E-state index in [1.807, 2.05) is 0 Å². The zero-order valence-electron chi connectivity index (χ0n) is 10.1. The van der Waals surface area contributed by atoms with Crippen LogP contribution in [0.15, 0.2) is 0 Å². The maximum absolute atomic E-state index is 11.7. The Morgan fingerprint density at radius 3 is 2.47 bits per heavy atom. The predicted octanol–water partition coefficient (Wildman–Crippen LogP) is 0.0880. The van der Waals surface area contributed by atoms with Crippen LogP contribution in [0.5, 0.6) is 0 Å². The Hall–Kier alpha value is -0.620. The van der Waals surface area contributed by atoms with Gasteiger partial charge in [-0.15, -0.1) is 0 Å². The minimum atomic E-state index is -3.22. The smallest absolute Gasteiger partial charge is 0.223 e. The van der Waals surface area contributed by atoms with Crippen molar-refractivity contribution in [2.75, 3.05) is 18.8 Å². The molecule has 2 saturated carbocycles. The SMILES string of the molecule is CCNS(=O)(=O)CCNC(=O)C1CC2CC2C1. The van der Waals surface area contributed by atoms with Gasteiger partial charge in [0.15, 0.2) is 0 Å². The van der Waals surface area contributed by atoms with E-state index in [4.69, 9.17) is 0 Å². The molecule has 98 valence electrons.